The fourth-order valence-corrected chi connectivity index (χ4v) is 1.08. The van der Waals surface area contributed by atoms with Gasteiger partial charge in [0.25, 0.3) is 0 Å². The van der Waals surface area contributed by atoms with Crippen LogP contribution in [0.25, 0.3) is 0 Å². The molecule has 0 aromatic rings. The van der Waals surface area contributed by atoms with Crippen molar-refractivity contribution in [2.45, 2.75) is 13.8 Å². The standard InChI is InChI=1S/C8H12OS/c1-5-8(7(4)9)10-6(2)3/h5,9H,2,4H2,1,3H3/b8-5-. The van der Waals surface area contributed by atoms with Gasteiger partial charge in [-0.1, -0.05) is 31.0 Å². The predicted octanol–water partition coefficient (Wildman–Crippen LogP) is 3.23. The minimum atomic E-state index is 0.107. The van der Waals surface area contributed by atoms with Gasteiger partial charge in [-0.25, -0.2) is 0 Å². The maximum Gasteiger partial charge on any atom is 0.121 e. The average Bonchev–Trinajstić information content (AvgIpc) is 1.81. The predicted molar refractivity (Wildman–Crippen MR) is 47.9 cm³/mol. The van der Waals surface area contributed by atoms with E-state index >= 15 is 0 Å². The van der Waals surface area contributed by atoms with Crippen molar-refractivity contribution in [3.63, 3.8) is 0 Å². The molecule has 1 nitrogen and oxygen atoms in total. The first-order valence-corrected chi connectivity index (χ1v) is 3.77. The first-order valence-electron chi connectivity index (χ1n) is 2.95. The Labute approximate surface area is 66.1 Å². The molecule has 0 rings (SSSR count). The fraction of sp³-hybridized carbons (Fsp3) is 0.250. The summed E-state index contributed by atoms with van der Waals surface area (Å²) in [4.78, 5) is 1.72. The molecule has 0 saturated carbocycles. The number of allylic oxidation sites excluding steroid dienone is 2. The van der Waals surface area contributed by atoms with Gasteiger partial charge in [0.1, 0.15) is 5.76 Å². The Hall–Kier alpha value is -0.630. The van der Waals surface area contributed by atoms with Crippen molar-refractivity contribution in [3.05, 3.63) is 34.8 Å². The summed E-state index contributed by atoms with van der Waals surface area (Å²) in [7, 11) is 0. The molecule has 2 heteroatoms. The highest BCUT2D eigenvalue weighted by atomic mass is 32.2. The minimum absolute atomic E-state index is 0.107. The van der Waals surface area contributed by atoms with Crippen LogP contribution in [0.5, 0.6) is 0 Å². The molecule has 0 aliphatic heterocycles. The Bertz CT molecular complexity index is 180. The zero-order chi connectivity index (χ0) is 8.15. The van der Waals surface area contributed by atoms with Gasteiger partial charge in [-0.3, -0.25) is 0 Å². The number of hydrogen-bond acceptors (Lipinski definition) is 2. The summed E-state index contributed by atoms with van der Waals surface area (Å²) in [5, 5.41) is 8.94. The maximum absolute atomic E-state index is 8.94. The molecule has 0 heterocycles. The van der Waals surface area contributed by atoms with Gasteiger partial charge in [-0.05, 0) is 18.8 Å². The molecule has 0 unspecified atom stereocenters. The second-order valence-electron chi connectivity index (χ2n) is 1.90. The van der Waals surface area contributed by atoms with Crippen LogP contribution in [0.4, 0.5) is 0 Å². The van der Waals surface area contributed by atoms with Crippen molar-refractivity contribution in [2.24, 2.45) is 0 Å². The molecule has 0 atom stereocenters. The van der Waals surface area contributed by atoms with Crippen LogP contribution in [-0.4, -0.2) is 5.11 Å². The second kappa shape index (κ2) is 4.23. The van der Waals surface area contributed by atoms with Gasteiger partial charge in [0, 0.05) is 4.91 Å². The van der Waals surface area contributed by atoms with E-state index < -0.39 is 0 Å². The lowest BCUT2D eigenvalue weighted by molar-refractivity contribution is 0.433. The molecule has 0 radical (unpaired) electrons. The molecule has 0 spiro atoms. The van der Waals surface area contributed by atoms with Crippen molar-refractivity contribution in [1.82, 2.24) is 0 Å². The number of aliphatic hydroxyl groups is 1. The van der Waals surface area contributed by atoms with Crippen LogP contribution in [0.3, 0.4) is 0 Å². The van der Waals surface area contributed by atoms with E-state index in [1.807, 2.05) is 19.9 Å². The first kappa shape index (κ1) is 9.37. The van der Waals surface area contributed by atoms with Crippen LogP contribution >= 0.6 is 11.8 Å². The van der Waals surface area contributed by atoms with Crippen LogP contribution in [0.1, 0.15) is 13.8 Å². The molecule has 0 saturated heterocycles. The van der Waals surface area contributed by atoms with Crippen LogP contribution in [0, 0.1) is 0 Å². The molecule has 0 aromatic heterocycles. The quantitative estimate of drug-likeness (QED) is 0.500. The van der Waals surface area contributed by atoms with Crippen LogP contribution in [0.15, 0.2) is 34.8 Å². The van der Waals surface area contributed by atoms with Gasteiger partial charge in [-0.2, -0.15) is 0 Å². The lowest BCUT2D eigenvalue weighted by Gasteiger charge is -2.02. The average molecular weight is 156 g/mol. The number of aliphatic hydroxyl groups excluding tert-OH is 1. The van der Waals surface area contributed by atoms with Crippen molar-refractivity contribution in [3.8, 4) is 0 Å². The van der Waals surface area contributed by atoms with E-state index in [0.717, 1.165) is 9.81 Å². The lowest BCUT2D eigenvalue weighted by Crippen LogP contribution is -1.79. The van der Waals surface area contributed by atoms with E-state index in [2.05, 4.69) is 13.2 Å². The molecular formula is C8H12OS. The van der Waals surface area contributed by atoms with E-state index in [9.17, 15) is 0 Å². The summed E-state index contributed by atoms with van der Waals surface area (Å²) in [5.41, 5.74) is 0. The Morgan fingerprint density at radius 3 is 2.10 bits per heavy atom. The zero-order valence-electron chi connectivity index (χ0n) is 6.35. The molecule has 0 aliphatic rings. The van der Waals surface area contributed by atoms with E-state index in [1.54, 1.807) is 0 Å². The topological polar surface area (TPSA) is 20.2 Å². The van der Waals surface area contributed by atoms with Crippen LogP contribution in [0.2, 0.25) is 0 Å². The van der Waals surface area contributed by atoms with Crippen molar-refractivity contribution < 1.29 is 5.11 Å². The summed E-state index contributed by atoms with van der Waals surface area (Å²) in [6.07, 6.45) is 1.81. The molecule has 56 valence electrons. The Balaban J connectivity index is 4.12. The SMILES string of the molecule is C=C(C)S/C(=C\C)C(=C)O. The highest BCUT2D eigenvalue weighted by Crippen LogP contribution is 2.26. The maximum atomic E-state index is 8.94. The second-order valence-corrected chi connectivity index (χ2v) is 3.24. The van der Waals surface area contributed by atoms with Gasteiger partial charge in [0.2, 0.25) is 0 Å². The summed E-state index contributed by atoms with van der Waals surface area (Å²) in [6.45, 7) is 10.8. The molecular weight excluding hydrogens is 144 g/mol. The number of hydrogen-bond donors (Lipinski definition) is 1. The van der Waals surface area contributed by atoms with Crippen molar-refractivity contribution in [2.75, 3.05) is 0 Å². The molecule has 0 aliphatic carbocycles. The summed E-state index contributed by atoms with van der Waals surface area (Å²) in [5.74, 6) is 0.107. The summed E-state index contributed by atoms with van der Waals surface area (Å²) >= 11 is 1.42. The Morgan fingerprint density at radius 1 is 1.50 bits per heavy atom. The van der Waals surface area contributed by atoms with Gasteiger partial charge in [0.15, 0.2) is 0 Å². The van der Waals surface area contributed by atoms with Crippen LogP contribution < -0.4 is 0 Å². The van der Waals surface area contributed by atoms with E-state index in [0.29, 0.717) is 0 Å². The van der Waals surface area contributed by atoms with Crippen LogP contribution in [-0.2, 0) is 0 Å². The normalized spacial score (nSPS) is 11.2. The van der Waals surface area contributed by atoms with E-state index in [4.69, 9.17) is 5.11 Å². The fourth-order valence-electron chi connectivity index (χ4n) is 0.472. The Kier molecular flexibility index (Phi) is 3.96. The zero-order valence-corrected chi connectivity index (χ0v) is 7.16. The highest BCUT2D eigenvalue weighted by molar-refractivity contribution is 8.06. The molecule has 0 amide bonds. The largest absolute Gasteiger partial charge is 0.507 e. The molecule has 10 heavy (non-hydrogen) atoms. The molecule has 0 aromatic carbocycles. The molecule has 0 fully saturated rings. The number of thioether (sulfide) groups is 1. The third kappa shape index (κ3) is 3.41. The van der Waals surface area contributed by atoms with E-state index in [1.165, 1.54) is 11.8 Å². The van der Waals surface area contributed by atoms with Crippen molar-refractivity contribution >= 4 is 11.8 Å². The monoisotopic (exact) mass is 156 g/mol. The lowest BCUT2D eigenvalue weighted by atomic mass is 10.5. The minimum Gasteiger partial charge on any atom is -0.507 e. The summed E-state index contributed by atoms with van der Waals surface area (Å²) in [6, 6.07) is 0. The highest BCUT2D eigenvalue weighted by Gasteiger charge is 1.98. The molecule has 1 N–H and O–H groups in total. The third-order valence-electron chi connectivity index (χ3n) is 0.831. The third-order valence-corrected chi connectivity index (χ3v) is 1.87. The van der Waals surface area contributed by atoms with Gasteiger partial charge in [-0.15, -0.1) is 0 Å². The summed E-state index contributed by atoms with van der Waals surface area (Å²) < 4.78 is 0. The Morgan fingerprint density at radius 2 is 2.00 bits per heavy atom. The molecule has 0 bridgehead atoms. The smallest absolute Gasteiger partial charge is 0.121 e. The van der Waals surface area contributed by atoms with Gasteiger partial charge in [0.05, 0.1) is 0 Å². The first-order chi connectivity index (χ1) is 4.57. The van der Waals surface area contributed by atoms with Gasteiger partial charge >= 0.3 is 0 Å². The number of rotatable bonds is 3. The van der Waals surface area contributed by atoms with E-state index in [-0.39, 0.29) is 5.76 Å². The van der Waals surface area contributed by atoms with Gasteiger partial charge < -0.3 is 5.11 Å². The van der Waals surface area contributed by atoms with Crippen molar-refractivity contribution in [1.29, 1.82) is 0 Å².